The molecule has 186 valence electrons. The van der Waals surface area contributed by atoms with Crippen LogP contribution in [0.4, 0.5) is 5.69 Å². The van der Waals surface area contributed by atoms with E-state index in [4.69, 9.17) is 16.3 Å². The number of ether oxygens (including phenoxy) is 1. The molecule has 0 fully saturated rings. The standard InChI is InChI=1S/C26H25ClN4O5/c1-17(2)24(29-25(32)20-4-3-5-21(27)14-20)26(33)30-28-15-18-8-12-23(13-9-18)36-16-19-6-10-22(11-7-19)31(34)35/h3-15,17,24H,16H2,1-2H3,(H,29,32)(H,30,33). The molecule has 1 unspecified atom stereocenters. The van der Waals surface area contributed by atoms with Crippen LogP contribution in [-0.2, 0) is 11.4 Å². The van der Waals surface area contributed by atoms with Gasteiger partial charge in [-0.3, -0.25) is 19.7 Å². The number of hydrogen-bond acceptors (Lipinski definition) is 6. The zero-order chi connectivity index (χ0) is 26.1. The van der Waals surface area contributed by atoms with E-state index >= 15 is 0 Å². The summed E-state index contributed by atoms with van der Waals surface area (Å²) in [6, 6.07) is 18.9. The van der Waals surface area contributed by atoms with Crippen molar-refractivity contribution in [1.82, 2.24) is 10.7 Å². The Hall–Kier alpha value is -4.24. The maximum Gasteiger partial charge on any atom is 0.269 e. The molecule has 3 aromatic rings. The van der Waals surface area contributed by atoms with E-state index in [2.05, 4.69) is 15.8 Å². The van der Waals surface area contributed by atoms with Crippen LogP contribution in [0.1, 0.15) is 35.3 Å². The molecule has 2 amide bonds. The van der Waals surface area contributed by atoms with Gasteiger partial charge in [-0.05, 0) is 71.6 Å². The number of hydrazone groups is 1. The third kappa shape index (κ3) is 7.64. The summed E-state index contributed by atoms with van der Waals surface area (Å²) < 4.78 is 5.70. The summed E-state index contributed by atoms with van der Waals surface area (Å²) in [7, 11) is 0. The van der Waals surface area contributed by atoms with Gasteiger partial charge in [-0.25, -0.2) is 5.43 Å². The topological polar surface area (TPSA) is 123 Å². The average molecular weight is 509 g/mol. The lowest BCUT2D eigenvalue weighted by Crippen LogP contribution is -2.48. The lowest BCUT2D eigenvalue weighted by molar-refractivity contribution is -0.384. The van der Waals surface area contributed by atoms with Crippen LogP contribution in [-0.4, -0.2) is 29.0 Å². The quantitative estimate of drug-likeness (QED) is 0.233. The van der Waals surface area contributed by atoms with Crippen LogP contribution in [0, 0.1) is 16.0 Å². The first-order chi connectivity index (χ1) is 17.2. The Kier molecular flexibility index (Phi) is 9.13. The number of nitrogens with zero attached hydrogens (tertiary/aromatic N) is 2. The monoisotopic (exact) mass is 508 g/mol. The van der Waals surface area contributed by atoms with E-state index in [1.165, 1.54) is 24.4 Å². The number of benzene rings is 3. The van der Waals surface area contributed by atoms with Gasteiger partial charge >= 0.3 is 0 Å². The van der Waals surface area contributed by atoms with Gasteiger partial charge in [-0.2, -0.15) is 5.10 Å². The molecule has 0 saturated carbocycles. The average Bonchev–Trinajstić information content (AvgIpc) is 2.86. The molecular weight excluding hydrogens is 484 g/mol. The molecule has 0 heterocycles. The Bertz CT molecular complexity index is 1240. The predicted octanol–water partition coefficient (Wildman–Crippen LogP) is 4.73. The van der Waals surface area contributed by atoms with E-state index in [0.29, 0.717) is 16.3 Å². The van der Waals surface area contributed by atoms with Gasteiger partial charge in [0.25, 0.3) is 17.5 Å². The van der Waals surface area contributed by atoms with Gasteiger partial charge in [-0.15, -0.1) is 0 Å². The molecule has 9 nitrogen and oxygen atoms in total. The third-order valence-corrected chi connectivity index (χ3v) is 5.38. The number of nitro benzene ring substituents is 1. The summed E-state index contributed by atoms with van der Waals surface area (Å²) >= 11 is 5.94. The van der Waals surface area contributed by atoms with Crippen LogP contribution >= 0.6 is 11.6 Å². The fraction of sp³-hybridized carbons (Fsp3) is 0.192. The highest BCUT2D eigenvalue weighted by Crippen LogP contribution is 2.16. The first-order valence-corrected chi connectivity index (χ1v) is 11.5. The molecule has 0 saturated heterocycles. The van der Waals surface area contributed by atoms with Crippen molar-refractivity contribution in [3.63, 3.8) is 0 Å². The van der Waals surface area contributed by atoms with E-state index in [1.807, 2.05) is 13.8 Å². The van der Waals surface area contributed by atoms with Crippen molar-refractivity contribution >= 4 is 35.3 Å². The van der Waals surface area contributed by atoms with Gasteiger partial charge in [0.15, 0.2) is 0 Å². The van der Waals surface area contributed by atoms with Crippen LogP contribution in [0.3, 0.4) is 0 Å². The Morgan fingerprint density at radius 1 is 1.08 bits per heavy atom. The molecule has 0 spiro atoms. The molecule has 10 heteroatoms. The first-order valence-electron chi connectivity index (χ1n) is 11.1. The molecule has 3 aromatic carbocycles. The number of hydrogen-bond donors (Lipinski definition) is 2. The molecule has 0 aliphatic carbocycles. The molecule has 36 heavy (non-hydrogen) atoms. The maximum atomic E-state index is 12.6. The fourth-order valence-electron chi connectivity index (χ4n) is 3.16. The largest absolute Gasteiger partial charge is 0.489 e. The number of carbonyl (C=O) groups is 2. The number of nitrogens with one attached hydrogen (secondary N) is 2. The normalized spacial score (nSPS) is 11.8. The van der Waals surface area contributed by atoms with Crippen LogP contribution in [0.25, 0.3) is 0 Å². The van der Waals surface area contributed by atoms with Crippen molar-refractivity contribution in [1.29, 1.82) is 0 Å². The lowest BCUT2D eigenvalue weighted by Gasteiger charge is -2.20. The molecule has 0 aromatic heterocycles. The number of rotatable bonds is 10. The van der Waals surface area contributed by atoms with Crippen LogP contribution < -0.4 is 15.5 Å². The number of nitro groups is 1. The minimum absolute atomic E-state index is 0.0256. The molecule has 3 rings (SSSR count). The Balaban J connectivity index is 1.52. The zero-order valence-corrected chi connectivity index (χ0v) is 20.4. The second-order valence-corrected chi connectivity index (χ2v) is 8.66. The number of carbonyl (C=O) groups excluding carboxylic acids is 2. The van der Waals surface area contributed by atoms with E-state index in [0.717, 1.165) is 11.1 Å². The summed E-state index contributed by atoms with van der Waals surface area (Å²) in [5, 5.41) is 17.9. The third-order valence-electron chi connectivity index (χ3n) is 5.14. The van der Waals surface area contributed by atoms with Gasteiger partial charge in [0.05, 0.1) is 11.1 Å². The minimum atomic E-state index is -0.788. The van der Waals surface area contributed by atoms with Gasteiger partial charge in [-0.1, -0.05) is 31.5 Å². The Morgan fingerprint density at radius 2 is 1.78 bits per heavy atom. The Labute approximate surface area is 213 Å². The molecule has 1 atom stereocenters. The van der Waals surface area contributed by atoms with Crippen molar-refractivity contribution in [3.05, 3.63) is 105 Å². The molecule has 0 aliphatic rings. The van der Waals surface area contributed by atoms with Gasteiger partial charge < -0.3 is 10.1 Å². The molecule has 0 bridgehead atoms. The summed E-state index contributed by atoms with van der Waals surface area (Å²) in [6.45, 7) is 3.90. The molecule has 0 radical (unpaired) electrons. The second kappa shape index (κ2) is 12.5. The Morgan fingerprint density at radius 3 is 2.39 bits per heavy atom. The van der Waals surface area contributed by atoms with Crippen molar-refractivity contribution in [3.8, 4) is 5.75 Å². The van der Waals surface area contributed by atoms with Crippen LogP contribution in [0.15, 0.2) is 77.9 Å². The summed E-state index contributed by atoms with van der Waals surface area (Å²) in [5.74, 6) is -0.409. The first kappa shape index (κ1) is 26.4. The number of non-ortho nitro benzene ring substituents is 1. The number of halogens is 1. The van der Waals surface area contributed by atoms with Crippen LogP contribution in [0.5, 0.6) is 5.75 Å². The minimum Gasteiger partial charge on any atom is -0.489 e. The van der Waals surface area contributed by atoms with E-state index in [9.17, 15) is 19.7 Å². The maximum absolute atomic E-state index is 12.6. The molecule has 2 N–H and O–H groups in total. The summed E-state index contributed by atoms with van der Waals surface area (Å²) in [6.07, 6.45) is 1.48. The lowest BCUT2D eigenvalue weighted by atomic mass is 10.0. The highest BCUT2D eigenvalue weighted by molar-refractivity contribution is 6.31. The number of amides is 2. The predicted molar refractivity (Wildman–Crippen MR) is 137 cm³/mol. The van der Waals surface area contributed by atoms with Crippen molar-refractivity contribution < 1.29 is 19.2 Å². The van der Waals surface area contributed by atoms with E-state index in [1.54, 1.807) is 54.6 Å². The highest BCUT2D eigenvalue weighted by Gasteiger charge is 2.24. The highest BCUT2D eigenvalue weighted by atomic mass is 35.5. The van der Waals surface area contributed by atoms with Gasteiger partial charge in [0, 0.05) is 22.7 Å². The van der Waals surface area contributed by atoms with Crippen molar-refractivity contribution in [2.45, 2.75) is 26.5 Å². The zero-order valence-electron chi connectivity index (χ0n) is 19.7. The van der Waals surface area contributed by atoms with Crippen molar-refractivity contribution in [2.24, 2.45) is 11.0 Å². The van der Waals surface area contributed by atoms with Gasteiger partial charge in [0.2, 0.25) is 0 Å². The SMILES string of the molecule is CC(C)C(NC(=O)c1cccc(Cl)c1)C(=O)NN=Cc1ccc(OCc2ccc([N+](=O)[O-])cc2)cc1. The van der Waals surface area contributed by atoms with Crippen molar-refractivity contribution in [2.75, 3.05) is 0 Å². The van der Waals surface area contributed by atoms with Crippen LogP contribution in [0.2, 0.25) is 5.02 Å². The van der Waals surface area contributed by atoms with E-state index in [-0.39, 0.29) is 18.2 Å². The molecule has 0 aliphatic heterocycles. The fourth-order valence-corrected chi connectivity index (χ4v) is 3.35. The summed E-state index contributed by atoms with van der Waals surface area (Å²) in [5.41, 5.74) is 4.38. The van der Waals surface area contributed by atoms with E-state index < -0.39 is 22.8 Å². The smallest absolute Gasteiger partial charge is 0.269 e. The summed E-state index contributed by atoms with van der Waals surface area (Å²) in [4.78, 5) is 35.4. The molecular formula is C26H25ClN4O5. The second-order valence-electron chi connectivity index (χ2n) is 8.22. The van der Waals surface area contributed by atoms with Gasteiger partial charge in [0.1, 0.15) is 18.4 Å².